The van der Waals surface area contributed by atoms with Crippen LogP contribution < -0.4 is 15.4 Å². The summed E-state index contributed by atoms with van der Waals surface area (Å²) in [6.07, 6.45) is 1.94. The third-order valence-corrected chi connectivity index (χ3v) is 3.05. The van der Waals surface area contributed by atoms with E-state index < -0.39 is 0 Å². The van der Waals surface area contributed by atoms with Crippen molar-refractivity contribution in [3.8, 4) is 11.8 Å². The van der Waals surface area contributed by atoms with Crippen LogP contribution in [0.5, 0.6) is 5.75 Å². The lowest BCUT2D eigenvalue weighted by molar-refractivity contribution is -0.124. The molecular formula is C15H17N3O3. The molecule has 2 rings (SSSR count). The van der Waals surface area contributed by atoms with Crippen molar-refractivity contribution < 1.29 is 14.3 Å². The minimum Gasteiger partial charge on any atom is -0.484 e. The average Bonchev–Trinajstić information content (AvgIpc) is 3.34. The molecule has 2 amide bonds. The maximum Gasteiger partial charge on any atom is 0.258 e. The first-order chi connectivity index (χ1) is 10.2. The van der Waals surface area contributed by atoms with Gasteiger partial charge in [-0.2, -0.15) is 5.26 Å². The van der Waals surface area contributed by atoms with Gasteiger partial charge in [0.25, 0.3) is 5.91 Å². The number of nitrogens with zero attached hydrogens (tertiary/aromatic N) is 1. The van der Waals surface area contributed by atoms with Crippen molar-refractivity contribution in [2.75, 3.05) is 19.7 Å². The Kier molecular flexibility index (Phi) is 5.16. The summed E-state index contributed by atoms with van der Waals surface area (Å²) in [6, 6.07) is 8.54. The maximum absolute atomic E-state index is 11.5. The Morgan fingerprint density at radius 1 is 1.19 bits per heavy atom. The van der Waals surface area contributed by atoms with Crippen LogP contribution in [0, 0.1) is 17.2 Å². The normalized spacial score (nSPS) is 13.1. The molecule has 110 valence electrons. The van der Waals surface area contributed by atoms with Crippen LogP contribution in [-0.2, 0) is 9.59 Å². The number of rotatable bonds is 7. The fourth-order valence-corrected chi connectivity index (χ4v) is 1.70. The highest BCUT2D eigenvalue weighted by atomic mass is 16.5. The van der Waals surface area contributed by atoms with Gasteiger partial charge in [-0.1, -0.05) is 0 Å². The monoisotopic (exact) mass is 287 g/mol. The van der Waals surface area contributed by atoms with E-state index in [0.29, 0.717) is 24.4 Å². The van der Waals surface area contributed by atoms with Crippen LogP contribution in [0.1, 0.15) is 18.4 Å². The first-order valence-electron chi connectivity index (χ1n) is 6.86. The lowest BCUT2D eigenvalue weighted by atomic mass is 10.2. The largest absolute Gasteiger partial charge is 0.484 e. The van der Waals surface area contributed by atoms with Crippen molar-refractivity contribution in [1.82, 2.24) is 10.6 Å². The van der Waals surface area contributed by atoms with Crippen LogP contribution in [0.3, 0.4) is 0 Å². The van der Waals surface area contributed by atoms with E-state index in [1.54, 1.807) is 24.3 Å². The van der Waals surface area contributed by atoms with Crippen LogP contribution in [0.25, 0.3) is 0 Å². The molecule has 1 aromatic carbocycles. The van der Waals surface area contributed by atoms with Gasteiger partial charge in [0.1, 0.15) is 5.75 Å². The lowest BCUT2D eigenvalue weighted by Crippen LogP contribution is -2.37. The third-order valence-electron chi connectivity index (χ3n) is 3.05. The number of amides is 2. The molecule has 0 unspecified atom stereocenters. The molecule has 0 bridgehead atoms. The summed E-state index contributed by atoms with van der Waals surface area (Å²) in [5.74, 6) is 0.532. The summed E-state index contributed by atoms with van der Waals surface area (Å²) >= 11 is 0. The van der Waals surface area contributed by atoms with Crippen molar-refractivity contribution >= 4 is 11.8 Å². The highest BCUT2D eigenvalue weighted by Crippen LogP contribution is 2.28. The van der Waals surface area contributed by atoms with Gasteiger partial charge < -0.3 is 15.4 Å². The van der Waals surface area contributed by atoms with E-state index >= 15 is 0 Å². The van der Waals surface area contributed by atoms with Crippen molar-refractivity contribution in [2.45, 2.75) is 12.8 Å². The van der Waals surface area contributed by atoms with E-state index in [9.17, 15) is 9.59 Å². The molecule has 1 saturated carbocycles. The zero-order valence-electron chi connectivity index (χ0n) is 11.6. The fraction of sp³-hybridized carbons (Fsp3) is 0.400. The van der Waals surface area contributed by atoms with E-state index in [1.807, 2.05) is 6.07 Å². The van der Waals surface area contributed by atoms with Crippen LogP contribution in [0.4, 0.5) is 0 Å². The van der Waals surface area contributed by atoms with Crippen LogP contribution in [0.15, 0.2) is 24.3 Å². The standard InChI is InChI=1S/C15H17N3O3/c16-9-11-1-5-13(6-2-11)21-10-14(19)17-7-8-18-15(20)12-3-4-12/h1-2,5-6,12H,3-4,7-8,10H2,(H,17,19)(H,18,20). The Labute approximate surface area is 123 Å². The Hall–Kier alpha value is -2.55. The second-order valence-electron chi connectivity index (χ2n) is 4.84. The van der Waals surface area contributed by atoms with Gasteiger partial charge in [-0.15, -0.1) is 0 Å². The highest BCUT2D eigenvalue weighted by molar-refractivity contribution is 5.81. The number of nitrogens with one attached hydrogen (secondary N) is 2. The number of hydrogen-bond donors (Lipinski definition) is 2. The molecule has 0 aromatic heterocycles. The van der Waals surface area contributed by atoms with Gasteiger partial charge >= 0.3 is 0 Å². The number of ether oxygens (including phenoxy) is 1. The second-order valence-corrected chi connectivity index (χ2v) is 4.84. The average molecular weight is 287 g/mol. The topological polar surface area (TPSA) is 91.2 Å². The van der Waals surface area contributed by atoms with E-state index in [4.69, 9.17) is 10.00 Å². The number of hydrogen-bond acceptors (Lipinski definition) is 4. The van der Waals surface area contributed by atoms with Crippen molar-refractivity contribution in [1.29, 1.82) is 5.26 Å². The summed E-state index contributed by atoms with van der Waals surface area (Å²) < 4.78 is 5.28. The first kappa shape index (κ1) is 14.9. The second kappa shape index (κ2) is 7.29. The molecule has 6 nitrogen and oxygen atoms in total. The van der Waals surface area contributed by atoms with Gasteiger partial charge in [-0.25, -0.2) is 0 Å². The van der Waals surface area contributed by atoms with Gasteiger partial charge in [0.2, 0.25) is 5.91 Å². The van der Waals surface area contributed by atoms with Crippen molar-refractivity contribution in [3.63, 3.8) is 0 Å². The third kappa shape index (κ3) is 5.15. The molecule has 0 atom stereocenters. The molecule has 1 aliphatic rings. The molecule has 0 radical (unpaired) electrons. The lowest BCUT2D eigenvalue weighted by Gasteiger charge is -2.08. The molecule has 1 fully saturated rings. The van der Waals surface area contributed by atoms with Crippen LogP contribution in [0.2, 0.25) is 0 Å². The van der Waals surface area contributed by atoms with Crippen molar-refractivity contribution in [3.05, 3.63) is 29.8 Å². The molecule has 1 aliphatic carbocycles. The number of carbonyl (C=O) groups is 2. The predicted octanol–water partition coefficient (Wildman–Crippen LogP) is 0.579. The molecule has 0 heterocycles. The predicted molar refractivity (Wildman–Crippen MR) is 75.4 cm³/mol. The zero-order chi connectivity index (χ0) is 15.1. The molecular weight excluding hydrogens is 270 g/mol. The van der Waals surface area contributed by atoms with Gasteiger partial charge in [0, 0.05) is 19.0 Å². The highest BCUT2D eigenvalue weighted by Gasteiger charge is 2.28. The Bertz CT molecular complexity index is 544. The molecule has 21 heavy (non-hydrogen) atoms. The fourth-order valence-electron chi connectivity index (χ4n) is 1.70. The van der Waals surface area contributed by atoms with Crippen LogP contribution >= 0.6 is 0 Å². The Morgan fingerprint density at radius 2 is 1.86 bits per heavy atom. The molecule has 2 N–H and O–H groups in total. The number of benzene rings is 1. The molecule has 0 aliphatic heterocycles. The van der Waals surface area contributed by atoms with E-state index in [-0.39, 0.29) is 24.3 Å². The van der Waals surface area contributed by atoms with Crippen molar-refractivity contribution in [2.24, 2.45) is 5.92 Å². The molecule has 1 aromatic rings. The van der Waals surface area contributed by atoms with Gasteiger partial charge in [0.15, 0.2) is 6.61 Å². The number of carbonyl (C=O) groups excluding carboxylic acids is 2. The summed E-state index contributed by atoms with van der Waals surface area (Å²) in [5.41, 5.74) is 0.540. The molecule has 0 saturated heterocycles. The summed E-state index contributed by atoms with van der Waals surface area (Å²) in [6.45, 7) is 0.717. The molecule has 6 heteroatoms. The summed E-state index contributed by atoms with van der Waals surface area (Å²) in [4.78, 5) is 22.9. The smallest absolute Gasteiger partial charge is 0.258 e. The minimum absolute atomic E-state index is 0.0677. The molecule has 0 spiro atoms. The summed E-state index contributed by atoms with van der Waals surface area (Å²) in [7, 11) is 0. The maximum atomic E-state index is 11.5. The van der Waals surface area contributed by atoms with E-state index in [2.05, 4.69) is 10.6 Å². The van der Waals surface area contributed by atoms with Gasteiger partial charge in [0.05, 0.1) is 11.6 Å². The first-order valence-corrected chi connectivity index (χ1v) is 6.86. The van der Waals surface area contributed by atoms with Gasteiger partial charge in [-0.05, 0) is 37.1 Å². The zero-order valence-corrected chi connectivity index (χ0v) is 11.6. The van der Waals surface area contributed by atoms with Crippen LogP contribution in [-0.4, -0.2) is 31.5 Å². The minimum atomic E-state index is -0.250. The Morgan fingerprint density at radius 3 is 2.48 bits per heavy atom. The van der Waals surface area contributed by atoms with E-state index in [1.165, 1.54) is 0 Å². The number of nitriles is 1. The SMILES string of the molecule is N#Cc1ccc(OCC(=O)NCCNC(=O)C2CC2)cc1. The quantitative estimate of drug-likeness (QED) is 0.718. The van der Waals surface area contributed by atoms with Gasteiger partial charge in [-0.3, -0.25) is 9.59 Å². The Balaban J connectivity index is 1.58. The van der Waals surface area contributed by atoms with E-state index in [0.717, 1.165) is 12.8 Å². The summed E-state index contributed by atoms with van der Waals surface area (Å²) in [5, 5.41) is 14.1.